The van der Waals surface area contributed by atoms with Gasteiger partial charge in [-0.2, -0.15) is 4.98 Å². The zero-order valence-electron chi connectivity index (χ0n) is 17.9. The Morgan fingerprint density at radius 2 is 1.78 bits per heavy atom. The Morgan fingerprint density at radius 1 is 1.12 bits per heavy atom. The van der Waals surface area contributed by atoms with Crippen LogP contribution < -0.4 is 9.47 Å². The van der Waals surface area contributed by atoms with Gasteiger partial charge in [0.1, 0.15) is 6.04 Å². The first-order valence-corrected chi connectivity index (χ1v) is 10.2. The highest BCUT2D eigenvalue weighted by molar-refractivity contribution is 6.08. The van der Waals surface area contributed by atoms with Crippen molar-refractivity contribution < 1.29 is 33.1 Å². The molecule has 1 aliphatic carbocycles. The number of hydrogen-bond donors (Lipinski definition) is 0. The summed E-state index contributed by atoms with van der Waals surface area (Å²) in [5, 5.41) is 3.89. The van der Waals surface area contributed by atoms with Crippen LogP contribution in [0.1, 0.15) is 25.7 Å². The third kappa shape index (κ3) is 3.83. The van der Waals surface area contributed by atoms with Gasteiger partial charge in [-0.15, -0.1) is 0 Å². The molecule has 3 atom stereocenters. The van der Waals surface area contributed by atoms with Crippen LogP contribution in [0, 0.1) is 11.8 Å². The SMILES string of the molecule is COc1ccc(-c2noc(COC(=O)C(C)N3C(=O)C4CC=CCC4C3=O)n2)cc1OC. The highest BCUT2D eigenvalue weighted by atomic mass is 16.6. The molecular weight excluding hydrogens is 418 g/mol. The van der Waals surface area contributed by atoms with Gasteiger partial charge in [-0.05, 0) is 38.0 Å². The quantitative estimate of drug-likeness (QED) is 0.361. The molecule has 3 unspecified atom stereocenters. The maximum Gasteiger partial charge on any atom is 0.329 e. The minimum absolute atomic E-state index is 0.0762. The number of aromatic nitrogens is 2. The van der Waals surface area contributed by atoms with Crippen molar-refractivity contribution in [1.29, 1.82) is 0 Å². The Hall–Kier alpha value is -3.69. The molecule has 10 nitrogen and oxygen atoms in total. The Bertz CT molecular complexity index is 1050. The zero-order valence-corrected chi connectivity index (χ0v) is 17.9. The molecule has 1 fully saturated rings. The van der Waals surface area contributed by atoms with Crippen molar-refractivity contribution >= 4 is 17.8 Å². The molecule has 2 aromatic rings. The summed E-state index contributed by atoms with van der Waals surface area (Å²) >= 11 is 0. The summed E-state index contributed by atoms with van der Waals surface area (Å²) in [6.07, 6.45) is 4.80. The summed E-state index contributed by atoms with van der Waals surface area (Å²) in [7, 11) is 3.05. The van der Waals surface area contributed by atoms with E-state index in [0.717, 1.165) is 4.90 Å². The number of hydrogen-bond acceptors (Lipinski definition) is 9. The minimum Gasteiger partial charge on any atom is -0.493 e. The van der Waals surface area contributed by atoms with Gasteiger partial charge in [0.15, 0.2) is 18.1 Å². The number of allylic oxidation sites excluding steroid dienone is 2. The monoisotopic (exact) mass is 441 g/mol. The Morgan fingerprint density at radius 3 is 2.41 bits per heavy atom. The Balaban J connectivity index is 1.39. The average Bonchev–Trinajstić information content (AvgIpc) is 3.39. The van der Waals surface area contributed by atoms with Gasteiger partial charge in [0.25, 0.3) is 5.89 Å². The van der Waals surface area contributed by atoms with E-state index < -0.39 is 23.8 Å². The summed E-state index contributed by atoms with van der Waals surface area (Å²) in [4.78, 5) is 43.0. The molecule has 10 heteroatoms. The normalized spacial score (nSPS) is 20.8. The lowest BCUT2D eigenvalue weighted by atomic mass is 9.85. The third-order valence-electron chi connectivity index (χ3n) is 5.72. The number of carbonyl (C=O) groups excluding carboxylic acids is 3. The van der Waals surface area contributed by atoms with E-state index in [-0.39, 0.29) is 30.1 Å². The van der Waals surface area contributed by atoms with Gasteiger partial charge in [-0.1, -0.05) is 17.3 Å². The van der Waals surface area contributed by atoms with Crippen LogP contribution in [0.4, 0.5) is 0 Å². The third-order valence-corrected chi connectivity index (χ3v) is 5.72. The van der Waals surface area contributed by atoms with Crippen LogP contribution in [-0.4, -0.2) is 53.1 Å². The molecule has 0 bridgehead atoms. The number of ether oxygens (including phenoxy) is 3. The first-order valence-electron chi connectivity index (χ1n) is 10.2. The average molecular weight is 441 g/mol. The molecule has 2 heterocycles. The maximum absolute atomic E-state index is 12.6. The lowest BCUT2D eigenvalue weighted by Gasteiger charge is -2.21. The van der Waals surface area contributed by atoms with E-state index in [2.05, 4.69) is 10.1 Å². The van der Waals surface area contributed by atoms with E-state index in [4.69, 9.17) is 18.7 Å². The molecule has 1 aromatic heterocycles. The molecule has 0 spiro atoms. The molecule has 0 N–H and O–H groups in total. The van der Waals surface area contributed by atoms with Crippen molar-refractivity contribution in [2.75, 3.05) is 14.2 Å². The second kappa shape index (κ2) is 8.81. The van der Waals surface area contributed by atoms with Crippen molar-refractivity contribution in [2.45, 2.75) is 32.4 Å². The molecule has 2 amide bonds. The van der Waals surface area contributed by atoms with E-state index >= 15 is 0 Å². The van der Waals surface area contributed by atoms with Gasteiger partial charge in [-0.3, -0.25) is 14.5 Å². The second-order valence-electron chi connectivity index (χ2n) is 7.57. The Kier molecular flexibility index (Phi) is 5.93. The van der Waals surface area contributed by atoms with Gasteiger partial charge in [0.2, 0.25) is 17.6 Å². The van der Waals surface area contributed by atoms with Crippen molar-refractivity contribution in [3.8, 4) is 22.9 Å². The van der Waals surface area contributed by atoms with Crippen molar-refractivity contribution in [1.82, 2.24) is 15.0 Å². The fourth-order valence-electron chi connectivity index (χ4n) is 3.97. The summed E-state index contributed by atoms with van der Waals surface area (Å²) in [6, 6.07) is 4.11. The molecule has 1 saturated heterocycles. The van der Waals surface area contributed by atoms with Gasteiger partial charge >= 0.3 is 5.97 Å². The summed E-state index contributed by atoms with van der Waals surface area (Å²) in [5.74, 6) is -0.755. The van der Waals surface area contributed by atoms with Gasteiger partial charge in [0.05, 0.1) is 26.1 Å². The number of imide groups is 1. The van der Waals surface area contributed by atoms with Gasteiger partial charge < -0.3 is 18.7 Å². The van der Waals surface area contributed by atoms with Crippen molar-refractivity contribution in [2.24, 2.45) is 11.8 Å². The fourth-order valence-corrected chi connectivity index (χ4v) is 3.97. The molecule has 32 heavy (non-hydrogen) atoms. The lowest BCUT2D eigenvalue weighted by Crippen LogP contribution is -2.44. The van der Waals surface area contributed by atoms with Crippen molar-refractivity contribution in [3.63, 3.8) is 0 Å². The molecule has 4 rings (SSSR count). The van der Waals surface area contributed by atoms with Crippen LogP contribution in [-0.2, 0) is 25.7 Å². The molecule has 0 saturated carbocycles. The number of esters is 1. The first-order chi connectivity index (χ1) is 15.4. The number of amides is 2. The molecule has 1 aliphatic heterocycles. The maximum atomic E-state index is 12.6. The van der Waals surface area contributed by atoms with Gasteiger partial charge in [-0.25, -0.2) is 4.79 Å². The number of likely N-dealkylation sites (tertiary alicyclic amines) is 1. The Labute approximate surface area is 184 Å². The molecule has 168 valence electrons. The first kappa shape index (κ1) is 21.5. The summed E-state index contributed by atoms with van der Waals surface area (Å²) in [6.45, 7) is 1.19. The predicted molar refractivity (Wildman–Crippen MR) is 109 cm³/mol. The van der Waals surface area contributed by atoms with E-state index in [0.29, 0.717) is 29.9 Å². The van der Waals surface area contributed by atoms with Crippen LogP contribution in [0.25, 0.3) is 11.4 Å². The fraction of sp³-hybridized carbons (Fsp3) is 0.409. The largest absolute Gasteiger partial charge is 0.493 e. The van der Waals surface area contributed by atoms with E-state index in [1.54, 1.807) is 18.2 Å². The topological polar surface area (TPSA) is 121 Å². The van der Waals surface area contributed by atoms with Crippen LogP contribution in [0.15, 0.2) is 34.9 Å². The number of benzene rings is 1. The molecule has 1 aromatic carbocycles. The van der Waals surface area contributed by atoms with Crippen LogP contribution >= 0.6 is 0 Å². The molecule has 2 aliphatic rings. The predicted octanol–water partition coefficient (Wildman–Crippen LogP) is 2.14. The second-order valence-corrected chi connectivity index (χ2v) is 7.57. The standard InChI is InChI=1S/C22H23N3O7/c1-12(25-20(26)14-6-4-5-7-15(14)21(25)27)22(28)31-11-18-23-19(24-32-18)13-8-9-16(29-2)17(10-13)30-3/h4-5,8-10,12,14-15H,6-7,11H2,1-3H3. The highest BCUT2D eigenvalue weighted by Gasteiger charge is 2.50. The number of rotatable bonds is 7. The minimum atomic E-state index is -1.03. The van der Waals surface area contributed by atoms with Crippen LogP contribution in [0.2, 0.25) is 0 Å². The number of carbonyl (C=O) groups is 3. The summed E-state index contributed by atoms with van der Waals surface area (Å²) in [5.41, 5.74) is 0.627. The smallest absolute Gasteiger partial charge is 0.329 e. The number of nitrogens with zero attached hydrogens (tertiary/aromatic N) is 3. The molecular formula is C22H23N3O7. The highest BCUT2D eigenvalue weighted by Crippen LogP contribution is 2.36. The summed E-state index contributed by atoms with van der Waals surface area (Å²) < 4.78 is 20.9. The van der Waals surface area contributed by atoms with Gasteiger partial charge in [0, 0.05) is 5.56 Å². The number of methoxy groups -OCH3 is 2. The van der Waals surface area contributed by atoms with E-state index in [1.165, 1.54) is 21.1 Å². The van der Waals surface area contributed by atoms with Crippen molar-refractivity contribution in [3.05, 3.63) is 36.2 Å². The number of fused-ring (bicyclic) bond motifs is 1. The molecule has 0 radical (unpaired) electrons. The van der Waals surface area contributed by atoms with E-state index in [1.807, 2.05) is 12.2 Å². The van der Waals surface area contributed by atoms with Crippen LogP contribution in [0.5, 0.6) is 11.5 Å². The lowest BCUT2D eigenvalue weighted by molar-refractivity contribution is -0.159. The zero-order chi connectivity index (χ0) is 22.8. The van der Waals surface area contributed by atoms with E-state index in [9.17, 15) is 14.4 Å². The van der Waals surface area contributed by atoms with Crippen LogP contribution in [0.3, 0.4) is 0 Å².